The van der Waals surface area contributed by atoms with Crippen molar-refractivity contribution in [1.29, 1.82) is 0 Å². The molecule has 1 aliphatic heterocycles. The molecule has 1 aromatic rings. The van der Waals surface area contributed by atoms with Gasteiger partial charge in [-0.3, -0.25) is 4.57 Å². The number of hydrogen-bond acceptors (Lipinski definition) is 4. The van der Waals surface area contributed by atoms with Gasteiger partial charge in [-0.15, -0.1) is 12.4 Å². The third-order valence-electron chi connectivity index (χ3n) is 2.41. The van der Waals surface area contributed by atoms with Crippen LogP contribution in [-0.4, -0.2) is 18.1 Å². The molecule has 0 saturated heterocycles. The molecule has 0 amide bonds. The zero-order chi connectivity index (χ0) is 10.7. The van der Waals surface area contributed by atoms with Gasteiger partial charge in [-0.2, -0.15) is 0 Å². The minimum Gasteiger partial charge on any atom is -0.327 e. The number of hydrogen-bond donors (Lipinski definition) is 1. The standard InChI is InChI=1S/C10H15N2O2P.ClH/c1-2-14-15(13)10-4-3-8-7-11-6-5-9(8)12-10;/h3-4,11,15H,2,5-7H2,1H3;1H. The van der Waals surface area contributed by atoms with E-state index < -0.39 is 8.03 Å². The third-order valence-corrected chi connectivity index (χ3v) is 3.65. The third kappa shape index (κ3) is 3.05. The van der Waals surface area contributed by atoms with Gasteiger partial charge in [-0.05, 0) is 18.6 Å². The lowest BCUT2D eigenvalue weighted by Crippen LogP contribution is -2.26. The molecule has 1 N–H and O–H groups in total. The molecule has 0 aromatic carbocycles. The van der Waals surface area contributed by atoms with Crippen LogP contribution in [-0.2, 0) is 22.1 Å². The highest BCUT2D eigenvalue weighted by Gasteiger charge is 2.12. The van der Waals surface area contributed by atoms with Gasteiger partial charge in [-0.25, -0.2) is 4.98 Å². The van der Waals surface area contributed by atoms with Gasteiger partial charge in [0.25, 0.3) is 0 Å². The maximum atomic E-state index is 11.6. The quantitative estimate of drug-likeness (QED) is 0.834. The topological polar surface area (TPSA) is 51.2 Å². The van der Waals surface area contributed by atoms with Crippen LogP contribution in [0.5, 0.6) is 0 Å². The molecule has 6 heteroatoms. The largest absolute Gasteiger partial charge is 0.327 e. The van der Waals surface area contributed by atoms with Gasteiger partial charge in [0.2, 0.25) is 8.03 Å². The Labute approximate surface area is 102 Å². The molecule has 1 unspecified atom stereocenters. The zero-order valence-electron chi connectivity index (χ0n) is 9.16. The fourth-order valence-corrected chi connectivity index (χ4v) is 2.51. The fraction of sp³-hybridized carbons (Fsp3) is 0.500. The van der Waals surface area contributed by atoms with Crippen molar-refractivity contribution >= 4 is 25.9 Å². The van der Waals surface area contributed by atoms with E-state index in [1.165, 1.54) is 5.56 Å². The summed E-state index contributed by atoms with van der Waals surface area (Å²) in [7, 11) is -2.13. The number of fused-ring (bicyclic) bond motifs is 1. The predicted octanol–water partition coefficient (Wildman–Crippen LogP) is 1.29. The van der Waals surface area contributed by atoms with Crippen LogP contribution in [0.25, 0.3) is 0 Å². The monoisotopic (exact) mass is 262 g/mol. The maximum absolute atomic E-state index is 11.6. The Balaban J connectivity index is 0.00000128. The Morgan fingerprint density at radius 2 is 2.38 bits per heavy atom. The van der Waals surface area contributed by atoms with E-state index in [2.05, 4.69) is 10.3 Å². The first-order valence-corrected chi connectivity index (χ1v) is 6.49. The Kier molecular flexibility index (Phi) is 5.42. The minimum absolute atomic E-state index is 0. The van der Waals surface area contributed by atoms with Gasteiger partial charge < -0.3 is 9.84 Å². The van der Waals surface area contributed by atoms with Crippen LogP contribution in [0.4, 0.5) is 0 Å². The average Bonchev–Trinajstić information content (AvgIpc) is 2.29. The van der Waals surface area contributed by atoms with E-state index in [0.29, 0.717) is 12.0 Å². The first kappa shape index (κ1) is 13.7. The predicted molar refractivity (Wildman–Crippen MR) is 67.2 cm³/mol. The molecule has 1 aliphatic rings. The highest BCUT2D eigenvalue weighted by atomic mass is 35.5. The van der Waals surface area contributed by atoms with Gasteiger partial charge >= 0.3 is 0 Å². The SMILES string of the molecule is CCO[PH](=O)c1ccc2c(n1)CCNC2.Cl. The summed E-state index contributed by atoms with van der Waals surface area (Å²) in [5.74, 6) is 0. The summed E-state index contributed by atoms with van der Waals surface area (Å²) in [5.41, 5.74) is 2.86. The molecule has 0 saturated carbocycles. The van der Waals surface area contributed by atoms with Crippen molar-refractivity contribution in [3.63, 3.8) is 0 Å². The second-order valence-electron chi connectivity index (χ2n) is 3.45. The Morgan fingerprint density at radius 3 is 3.12 bits per heavy atom. The fourth-order valence-electron chi connectivity index (χ4n) is 1.66. The highest BCUT2D eigenvalue weighted by molar-refractivity contribution is 7.48. The lowest BCUT2D eigenvalue weighted by atomic mass is 10.1. The lowest BCUT2D eigenvalue weighted by Gasteiger charge is -2.16. The number of aromatic nitrogens is 1. The molecule has 0 radical (unpaired) electrons. The molecule has 16 heavy (non-hydrogen) atoms. The summed E-state index contributed by atoms with van der Waals surface area (Å²) in [4.78, 5) is 4.40. The average molecular weight is 263 g/mol. The molecular formula is C10H16ClN2O2P. The molecule has 1 aromatic heterocycles. The molecule has 0 aliphatic carbocycles. The normalized spacial score (nSPS) is 16.1. The van der Waals surface area contributed by atoms with Gasteiger partial charge in [0.05, 0.1) is 6.61 Å². The zero-order valence-corrected chi connectivity index (χ0v) is 11.0. The van der Waals surface area contributed by atoms with Crippen molar-refractivity contribution in [3.05, 3.63) is 23.4 Å². The summed E-state index contributed by atoms with van der Waals surface area (Å²) < 4.78 is 16.7. The van der Waals surface area contributed by atoms with Gasteiger partial charge in [0.1, 0.15) is 5.44 Å². The molecule has 90 valence electrons. The number of halogens is 1. The Morgan fingerprint density at radius 1 is 1.56 bits per heavy atom. The van der Waals surface area contributed by atoms with E-state index in [-0.39, 0.29) is 12.4 Å². The molecule has 2 heterocycles. The van der Waals surface area contributed by atoms with Crippen LogP contribution in [0.15, 0.2) is 12.1 Å². The highest BCUT2D eigenvalue weighted by Crippen LogP contribution is 2.21. The first-order chi connectivity index (χ1) is 7.31. The van der Waals surface area contributed by atoms with E-state index in [0.717, 1.165) is 25.2 Å². The molecule has 0 bridgehead atoms. The molecule has 0 spiro atoms. The Hall–Kier alpha value is -0.410. The summed E-state index contributed by atoms with van der Waals surface area (Å²) in [6.07, 6.45) is 0.907. The number of pyridine rings is 1. The van der Waals surface area contributed by atoms with Crippen molar-refractivity contribution in [1.82, 2.24) is 10.3 Å². The van der Waals surface area contributed by atoms with Crippen molar-refractivity contribution in [3.8, 4) is 0 Å². The summed E-state index contributed by atoms with van der Waals surface area (Å²) in [6.45, 7) is 4.11. The second-order valence-corrected chi connectivity index (χ2v) is 4.83. The smallest absolute Gasteiger partial charge is 0.238 e. The lowest BCUT2D eigenvalue weighted by molar-refractivity contribution is 0.356. The van der Waals surface area contributed by atoms with Crippen molar-refractivity contribution in [2.45, 2.75) is 19.9 Å². The second kappa shape index (κ2) is 6.36. The van der Waals surface area contributed by atoms with Crippen molar-refractivity contribution in [2.24, 2.45) is 0 Å². The number of nitrogens with zero attached hydrogens (tertiary/aromatic N) is 1. The molecular weight excluding hydrogens is 247 g/mol. The number of rotatable bonds is 3. The molecule has 1 atom stereocenters. The van der Waals surface area contributed by atoms with E-state index in [4.69, 9.17) is 4.52 Å². The van der Waals surface area contributed by atoms with Crippen LogP contribution >= 0.6 is 20.4 Å². The van der Waals surface area contributed by atoms with Crippen molar-refractivity contribution in [2.75, 3.05) is 13.2 Å². The Bertz CT molecular complexity index is 387. The summed E-state index contributed by atoms with van der Waals surface area (Å²) in [6, 6.07) is 3.80. The van der Waals surface area contributed by atoms with E-state index >= 15 is 0 Å². The van der Waals surface area contributed by atoms with Gasteiger partial charge in [0, 0.05) is 25.2 Å². The van der Waals surface area contributed by atoms with Crippen LogP contribution in [0, 0.1) is 0 Å². The van der Waals surface area contributed by atoms with E-state index in [1.54, 1.807) is 0 Å². The summed E-state index contributed by atoms with van der Waals surface area (Å²) in [5, 5.41) is 3.27. The van der Waals surface area contributed by atoms with Gasteiger partial charge in [0.15, 0.2) is 0 Å². The van der Waals surface area contributed by atoms with E-state index in [9.17, 15) is 4.57 Å². The summed E-state index contributed by atoms with van der Waals surface area (Å²) >= 11 is 0. The maximum Gasteiger partial charge on any atom is 0.238 e. The van der Waals surface area contributed by atoms with E-state index in [1.807, 2.05) is 19.1 Å². The van der Waals surface area contributed by atoms with Crippen LogP contribution in [0.2, 0.25) is 0 Å². The number of nitrogens with one attached hydrogen (secondary N) is 1. The molecule has 0 fully saturated rings. The van der Waals surface area contributed by atoms with Crippen LogP contribution in [0.3, 0.4) is 0 Å². The van der Waals surface area contributed by atoms with Gasteiger partial charge in [-0.1, -0.05) is 6.07 Å². The van der Waals surface area contributed by atoms with Crippen LogP contribution < -0.4 is 10.8 Å². The molecule has 2 rings (SSSR count). The minimum atomic E-state index is -2.13. The first-order valence-electron chi connectivity index (χ1n) is 5.18. The van der Waals surface area contributed by atoms with Crippen molar-refractivity contribution < 1.29 is 9.09 Å². The van der Waals surface area contributed by atoms with Crippen LogP contribution in [0.1, 0.15) is 18.2 Å². The molecule has 4 nitrogen and oxygen atoms in total.